The minimum absolute atomic E-state index is 0.364. The molecule has 0 spiro atoms. The molecule has 1 aromatic rings. The minimum atomic E-state index is 0.364. The van der Waals surface area contributed by atoms with Gasteiger partial charge in [-0.15, -0.1) is 0 Å². The van der Waals surface area contributed by atoms with Gasteiger partial charge in [-0.2, -0.15) is 0 Å². The van der Waals surface area contributed by atoms with Crippen LogP contribution in [0.1, 0.15) is 43.2 Å². The number of hydrogen-bond acceptors (Lipinski definition) is 3. The van der Waals surface area contributed by atoms with Crippen LogP contribution in [-0.4, -0.2) is 30.9 Å². The topological polar surface area (TPSA) is 41.5 Å². The Kier molecular flexibility index (Phi) is 4.81. The fraction of sp³-hybridized carbons (Fsp3) is 0.667. The van der Waals surface area contributed by atoms with Crippen molar-refractivity contribution < 1.29 is 9.84 Å². The molecule has 116 valence electrons. The molecule has 1 aromatic carbocycles. The molecular weight excluding hydrogens is 262 g/mol. The van der Waals surface area contributed by atoms with E-state index in [9.17, 15) is 5.11 Å². The second kappa shape index (κ2) is 6.80. The van der Waals surface area contributed by atoms with Crippen molar-refractivity contribution in [1.82, 2.24) is 5.32 Å². The molecule has 0 aromatic heterocycles. The first-order valence-electron chi connectivity index (χ1n) is 8.31. The van der Waals surface area contributed by atoms with Gasteiger partial charge in [0.15, 0.2) is 0 Å². The normalized spacial score (nSPS) is 29.0. The Morgan fingerprint density at radius 2 is 1.90 bits per heavy atom. The number of methoxy groups -OCH3 is 1. The Bertz CT molecular complexity index is 466. The number of hydrogen-bond donors (Lipinski definition) is 2. The summed E-state index contributed by atoms with van der Waals surface area (Å²) in [5, 5.41) is 13.1. The van der Waals surface area contributed by atoms with Gasteiger partial charge in [-0.05, 0) is 74.1 Å². The SMILES string of the molecule is COc1ccc2c(c1)C[C@H](NC1CCC(CO)CC1)CC2. The highest BCUT2D eigenvalue weighted by atomic mass is 16.5. The molecule has 0 bridgehead atoms. The van der Waals surface area contributed by atoms with Crippen LogP contribution in [0.5, 0.6) is 5.75 Å². The monoisotopic (exact) mass is 289 g/mol. The number of fused-ring (bicyclic) bond motifs is 1. The lowest BCUT2D eigenvalue weighted by atomic mass is 9.84. The Labute approximate surface area is 127 Å². The lowest BCUT2D eigenvalue weighted by Crippen LogP contribution is -2.43. The fourth-order valence-electron chi connectivity index (χ4n) is 3.85. The van der Waals surface area contributed by atoms with Gasteiger partial charge in [-0.25, -0.2) is 0 Å². The maximum atomic E-state index is 9.23. The van der Waals surface area contributed by atoms with E-state index in [-0.39, 0.29) is 0 Å². The lowest BCUT2D eigenvalue weighted by Gasteiger charge is -2.33. The van der Waals surface area contributed by atoms with Gasteiger partial charge in [0.25, 0.3) is 0 Å². The molecule has 1 atom stereocenters. The number of rotatable bonds is 4. The molecule has 0 amide bonds. The largest absolute Gasteiger partial charge is 0.497 e. The van der Waals surface area contributed by atoms with Crippen LogP contribution in [0.25, 0.3) is 0 Å². The third kappa shape index (κ3) is 3.58. The molecule has 0 aliphatic heterocycles. The second-order valence-corrected chi connectivity index (χ2v) is 6.64. The molecule has 0 unspecified atom stereocenters. The predicted octanol–water partition coefficient (Wildman–Crippen LogP) is 2.69. The molecule has 2 N–H and O–H groups in total. The van der Waals surface area contributed by atoms with Gasteiger partial charge in [0, 0.05) is 18.7 Å². The molecule has 2 aliphatic rings. The van der Waals surface area contributed by atoms with Crippen molar-refractivity contribution >= 4 is 0 Å². The maximum Gasteiger partial charge on any atom is 0.119 e. The molecule has 3 nitrogen and oxygen atoms in total. The Hall–Kier alpha value is -1.06. The van der Waals surface area contributed by atoms with Gasteiger partial charge in [0.05, 0.1) is 7.11 Å². The molecule has 0 saturated heterocycles. The first-order valence-corrected chi connectivity index (χ1v) is 8.31. The van der Waals surface area contributed by atoms with E-state index in [1.54, 1.807) is 7.11 Å². The Morgan fingerprint density at radius 3 is 2.62 bits per heavy atom. The molecule has 3 rings (SSSR count). The van der Waals surface area contributed by atoms with Crippen LogP contribution >= 0.6 is 0 Å². The summed E-state index contributed by atoms with van der Waals surface area (Å²) in [6.45, 7) is 0.364. The lowest BCUT2D eigenvalue weighted by molar-refractivity contribution is 0.170. The zero-order chi connectivity index (χ0) is 14.7. The summed E-state index contributed by atoms with van der Waals surface area (Å²) in [5.41, 5.74) is 2.93. The van der Waals surface area contributed by atoms with Crippen LogP contribution in [0.4, 0.5) is 0 Å². The zero-order valence-corrected chi connectivity index (χ0v) is 13.0. The van der Waals surface area contributed by atoms with Gasteiger partial charge in [-0.3, -0.25) is 0 Å². The third-order valence-electron chi connectivity index (χ3n) is 5.22. The highest BCUT2D eigenvalue weighted by Gasteiger charge is 2.25. The molecule has 1 saturated carbocycles. The quantitative estimate of drug-likeness (QED) is 0.895. The fourth-order valence-corrected chi connectivity index (χ4v) is 3.85. The number of nitrogens with one attached hydrogen (secondary N) is 1. The van der Waals surface area contributed by atoms with Crippen LogP contribution in [0.3, 0.4) is 0 Å². The van der Waals surface area contributed by atoms with Crippen molar-refractivity contribution in [3.05, 3.63) is 29.3 Å². The van der Waals surface area contributed by atoms with Crippen molar-refractivity contribution in [3.8, 4) is 5.75 Å². The van der Waals surface area contributed by atoms with Gasteiger partial charge in [-0.1, -0.05) is 6.07 Å². The summed E-state index contributed by atoms with van der Waals surface area (Å²) in [4.78, 5) is 0. The van der Waals surface area contributed by atoms with E-state index in [0.29, 0.717) is 24.6 Å². The molecule has 2 aliphatic carbocycles. The average molecular weight is 289 g/mol. The second-order valence-electron chi connectivity index (χ2n) is 6.64. The van der Waals surface area contributed by atoms with Crippen molar-refractivity contribution in [3.63, 3.8) is 0 Å². The van der Waals surface area contributed by atoms with Gasteiger partial charge < -0.3 is 15.2 Å². The molecule has 21 heavy (non-hydrogen) atoms. The van der Waals surface area contributed by atoms with Crippen molar-refractivity contribution in [2.75, 3.05) is 13.7 Å². The van der Waals surface area contributed by atoms with Crippen LogP contribution < -0.4 is 10.1 Å². The predicted molar refractivity (Wildman–Crippen MR) is 84.8 cm³/mol. The molecular formula is C18H27NO2. The number of aryl methyl sites for hydroxylation is 1. The van der Waals surface area contributed by atoms with Gasteiger partial charge >= 0.3 is 0 Å². The van der Waals surface area contributed by atoms with E-state index >= 15 is 0 Å². The minimum Gasteiger partial charge on any atom is -0.497 e. The van der Waals surface area contributed by atoms with Crippen LogP contribution in [0.2, 0.25) is 0 Å². The van der Waals surface area contributed by atoms with Crippen molar-refractivity contribution in [2.24, 2.45) is 5.92 Å². The number of aliphatic hydroxyl groups excluding tert-OH is 1. The number of benzene rings is 1. The van der Waals surface area contributed by atoms with E-state index in [1.165, 1.54) is 49.7 Å². The van der Waals surface area contributed by atoms with Crippen molar-refractivity contribution in [1.29, 1.82) is 0 Å². The van der Waals surface area contributed by atoms with Crippen LogP contribution in [0, 0.1) is 5.92 Å². The first kappa shape index (κ1) is 14.9. The maximum absolute atomic E-state index is 9.23. The Balaban J connectivity index is 1.56. The third-order valence-corrected chi connectivity index (χ3v) is 5.22. The van der Waals surface area contributed by atoms with Gasteiger partial charge in [0.1, 0.15) is 5.75 Å². The Morgan fingerprint density at radius 1 is 1.10 bits per heavy atom. The summed E-state index contributed by atoms with van der Waals surface area (Å²) in [6.07, 6.45) is 8.30. The van der Waals surface area contributed by atoms with Gasteiger partial charge in [0.2, 0.25) is 0 Å². The summed E-state index contributed by atoms with van der Waals surface area (Å²) in [5.74, 6) is 1.51. The van der Waals surface area contributed by atoms with E-state index in [0.717, 1.165) is 12.2 Å². The van der Waals surface area contributed by atoms with E-state index in [2.05, 4.69) is 23.5 Å². The average Bonchev–Trinajstić information content (AvgIpc) is 2.55. The summed E-state index contributed by atoms with van der Waals surface area (Å²) in [6, 6.07) is 7.73. The summed E-state index contributed by atoms with van der Waals surface area (Å²) >= 11 is 0. The summed E-state index contributed by atoms with van der Waals surface area (Å²) in [7, 11) is 1.74. The highest BCUT2D eigenvalue weighted by molar-refractivity contribution is 5.37. The first-order chi connectivity index (χ1) is 10.3. The highest BCUT2D eigenvalue weighted by Crippen LogP contribution is 2.28. The molecule has 0 radical (unpaired) electrons. The zero-order valence-electron chi connectivity index (χ0n) is 13.0. The van der Waals surface area contributed by atoms with Crippen molar-refractivity contribution in [2.45, 2.75) is 57.0 Å². The molecule has 0 heterocycles. The van der Waals surface area contributed by atoms with E-state index in [1.807, 2.05) is 0 Å². The molecule has 3 heteroatoms. The van der Waals surface area contributed by atoms with Crippen LogP contribution in [-0.2, 0) is 12.8 Å². The molecule has 1 fully saturated rings. The smallest absolute Gasteiger partial charge is 0.119 e. The van der Waals surface area contributed by atoms with E-state index in [4.69, 9.17) is 4.74 Å². The van der Waals surface area contributed by atoms with E-state index < -0.39 is 0 Å². The van der Waals surface area contributed by atoms with Crippen LogP contribution in [0.15, 0.2) is 18.2 Å². The summed E-state index contributed by atoms with van der Waals surface area (Å²) < 4.78 is 5.35. The number of ether oxygens (including phenoxy) is 1. The number of aliphatic hydroxyl groups is 1. The standard InChI is InChI=1S/C18H27NO2/c1-21-18-9-5-14-4-8-17(10-15(14)11-18)19-16-6-2-13(12-20)3-7-16/h5,9,11,13,16-17,19-20H,2-4,6-8,10,12H2,1H3/t13?,16?,17-/m1/s1.